The van der Waals surface area contributed by atoms with Crippen LogP contribution in [0.3, 0.4) is 0 Å². The molecule has 4 aromatic rings. The molecule has 1 fully saturated rings. The SMILES string of the molecule is c1ccc(C(c2ccccc2)N2CCN(CCCCn3ncc4ccccc43)CC2)cc1. The molecule has 1 aliphatic heterocycles. The van der Waals surface area contributed by atoms with Crippen LogP contribution in [-0.2, 0) is 6.54 Å². The van der Waals surface area contributed by atoms with Crippen molar-refractivity contribution < 1.29 is 0 Å². The van der Waals surface area contributed by atoms with E-state index in [-0.39, 0.29) is 0 Å². The summed E-state index contributed by atoms with van der Waals surface area (Å²) in [5, 5.41) is 5.79. The molecule has 164 valence electrons. The molecule has 1 aliphatic rings. The van der Waals surface area contributed by atoms with Crippen molar-refractivity contribution in [3.8, 4) is 0 Å². The van der Waals surface area contributed by atoms with E-state index in [0.29, 0.717) is 6.04 Å². The van der Waals surface area contributed by atoms with Gasteiger partial charge in [-0.1, -0.05) is 78.9 Å². The average Bonchev–Trinajstić information content (AvgIpc) is 3.27. The summed E-state index contributed by atoms with van der Waals surface area (Å²) in [4.78, 5) is 5.28. The first-order valence-electron chi connectivity index (χ1n) is 11.9. The number of unbranched alkanes of at least 4 members (excludes halogenated alkanes) is 1. The van der Waals surface area contributed by atoms with Gasteiger partial charge in [0.1, 0.15) is 0 Å². The summed E-state index contributed by atoms with van der Waals surface area (Å²) in [6.07, 6.45) is 4.36. The summed E-state index contributed by atoms with van der Waals surface area (Å²) < 4.78 is 2.15. The number of benzene rings is 3. The molecule has 0 aliphatic carbocycles. The lowest BCUT2D eigenvalue weighted by Crippen LogP contribution is -2.48. The summed E-state index contributed by atoms with van der Waals surface area (Å²) in [5.41, 5.74) is 4.02. The van der Waals surface area contributed by atoms with E-state index in [1.165, 1.54) is 41.4 Å². The van der Waals surface area contributed by atoms with E-state index in [9.17, 15) is 0 Å². The lowest BCUT2D eigenvalue weighted by molar-refractivity contribution is 0.108. The monoisotopic (exact) mass is 424 g/mol. The molecule has 1 saturated heterocycles. The molecule has 0 N–H and O–H groups in total. The van der Waals surface area contributed by atoms with Crippen molar-refractivity contribution in [3.63, 3.8) is 0 Å². The van der Waals surface area contributed by atoms with Crippen molar-refractivity contribution in [3.05, 3.63) is 102 Å². The number of fused-ring (bicyclic) bond motifs is 1. The largest absolute Gasteiger partial charge is 0.301 e. The zero-order chi connectivity index (χ0) is 21.6. The number of nitrogens with zero attached hydrogens (tertiary/aromatic N) is 4. The summed E-state index contributed by atoms with van der Waals surface area (Å²) in [7, 11) is 0. The van der Waals surface area contributed by atoms with Gasteiger partial charge in [-0.15, -0.1) is 0 Å². The normalized spacial score (nSPS) is 15.5. The Morgan fingerprint density at radius 2 is 1.25 bits per heavy atom. The molecule has 5 rings (SSSR count). The number of rotatable bonds is 8. The molecule has 3 aromatic carbocycles. The van der Waals surface area contributed by atoms with Gasteiger partial charge in [-0.05, 0) is 36.6 Å². The minimum absolute atomic E-state index is 0.340. The van der Waals surface area contributed by atoms with Crippen LogP contribution in [0.4, 0.5) is 0 Å². The van der Waals surface area contributed by atoms with E-state index in [4.69, 9.17) is 0 Å². The molecule has 4 heteroatoms. The number of para-hydroxylation sites is 1. The first kappa shape index (κ1) is 20.9. The van der Waals surface area contributed by atoms with E-state index in [1.807, 2.05) is 6.20 Å². The molecule has 4 nitrogen and oxygen atoms in total. The Bertz CT molecular complexity index is 1060. The van der Waals surface area contributed by atoms with Crippen LogP contribution in [0.25, 0.3) is 10.9 Å². The molecular weight excluding hydrogens is 392 g/mol. The maximum absolute atomic E-state index is 4.56. The van der Waals surface area contributed by atoms with Gasteiger partial charge in [0.25, 0.3) is 0 Å². The van der Waals surface area contributed by atoms with Crippen molar-refractivity contribution in [2.24, 2.45) is 0 Å². The molecule has 32 heavy (non-hydrogen) atoms. The molecule has 0 radical (unpaired) electrons. The van der Waals surface area contributed by atoms with Crippen LogP contribution in [0.5, 0.6) is 0 Å². The Morgan fingerprint density at radius 3 is 1.94 bits per heavy atom. The fraction of sp³-hybridized carbons (Fsp3) is 0.321. The Morgan fingerprint density at radius 1 is 0.656 bits per heavy atom. The first-order chi connectivity index (χ1) is 15.9. The smallest absolute Gasteiger partial charge is 0.0682 e. The fourth-order valence-electron chi connectivity index (χ4n) is 4.93. The molecular formula is C28H32N4. The molecule has 1 aromatic heterocycles. The van der Waals surface area contributed by atoms with Gasteiger partial charge in [0.2, 0.25) is 0 Å². The van der Waals surface area contributed by atoms with Gasteiger partial charge in [-0.3, -0.25) is 9.58 Å². The number of piperazine rings is 1. The van der Waals surface area contributed by atoms with Crippen LogP contribution in [0, 0.1) is 0 Å². The predicted octanol–water partition coefficient (Wildman–Crippen LogP) is 5.22. The summed E-state index contributed by atoms with van der Waals surface area (Å²) in [6, 6.07) is 30.7. The van der Waals surface area contributed by atoms with Crippen molar-refractivity contribution in [1.82, 2.24) is 19.6 Å². The maximum Gasteiger partial charge on any atom is 0.0682 e. The molecule has 0 spiro atoms. The summed E-state index contributed by atoms with van der Waals surface area (Å²) in [5.74, 6) is 0. The van der Waals surface area contributed by atoms with E-state index >= 15 is 0 Å². The van der Waals surface area contributed by atoms with Gasteiger partial charge in [0, 0.05) is 38.1 Å². The van der Waals surface area contributed by atoms with E-state index in [0.717, 1.165) is 32.7 Å². The Labute approximate surface area is 191 Å². The summed E-state index contributed by atoms with van der Waals surface area (Å²) in [6.45, 7) is 6.67. The Balaban J connectivity index is 1.14. The van der Waals surface area contributed by atoms with Crippen LogP contribution in [-0.4, -0.2) is 52.3 Å². The minimum atomic E-state index is 0.340. The van der Waals surface area contributed by atoms with Crippen molar-refractivity contribution in [2.45, 2.75) is 25.4 Å². The first-order valence-corrected chi connectivity index (χ1v) is 11.9. The van der Waals surface area contributed by atoms with Gasteiger partial charge < -0.3 is 4.90 Å². The van der Waals surface area contributed by atoms with Gasteiger partial charge in [0.05, 0.1) is 17.8 Å². The highest BCUT2D eigenvalue weighted by molar-refractivity contribution is 5.78. The maximum atomic E-state index is 4.56. The third kappa shape index (κ3) is 4.77. The second kappa shape index (κ2) is 10.1. The van der Waals surface area contributed by atoms with Gasteiger partial charge in [-0.2, -0.15) is 5.10 Å². The van der Waals surface area contributed by atoms with Crippen molar-refractivity contribution in [1.29, 1.82) is 0 Å². The zero-order valence-electron chi connectivity index (χ0n) is 18.7. The van der Waals surface area contributed by atoms with E-state index in [2.05, 4.69) is 105 Å². The molecule has 2 heterocycles. The third-order valence-corrected chi connectivity index (χ3v) is 6.65. The summed E-state index contributed by atoms with van der Waals surface area (Å²) >= 11 is 0. The standard InChI is InChI=1S/C28H32N4/c1-3-11-24(12-4-1)28(25-13-5-2-6-14-25)31-21-19-30(20-22-31)17-9-10-18-32-27-16-8-7-15-26(27)23-29-32/h1-8,11-16,23,28H,9-10,17-22H2. The molecule has 0 unspecified atom stereocenters. The molecule has 0 bridgehead atoms. The molecule has 0 saturated carbocycles. The third-order valence-electron chi connectivity index (χ3n) is 6.65. The van der Waals surface area contributed by atoms with Crippen LogP contribution < -0.4 is 0 Å². The van der Waals surface area contributed by atoms with Crippen molar-refractivity contribution in [2.75, 3.05) is 32.7 Å². The zero-order valence-corrected chi connectivity index (χ0v) is 18.7. The van der Waals surface area contributed by atoms with Crippen LogP contribution in [0.1, 0.15) is 30.0 Å². The molecule has 0 atom stereocenters. The van der Waals surface area contributed by atoms with Crippen molar-refractivity contribution >= 4 is 10.9 Å². The van der Waals surface area contributed by atoms with Crippen LogP contribution >= 0.6 is 0 Å². The van der Waals surface area contributed by atoms with Gasteiger partial charge >= 0.3 is 0 Å². The second-order valence-electron chi connectivity index (χ2n) is 8.74. The molecule has 0 amide bonds. The van der Waals surface area contributed by atoms with Gasteiger partial charge in [-0.25, -0.2) is 0 Å². The number of aryl methyl sites for hydroxylation is 1. The highest BCUT2D eigenvalue weighted by Crippen LogP contribution is 2.29. The number of aromatic nitrogens is 2. The highest BCUT2D eigenvalue weighted by Gasteiger charge is 2.26. The second-order valence-corrected chi connectivity index (χ2v) is 8.74. The van der Waals surface area contributed by atoms with Crippen LogP contribution in [0.15, 0.2) is 91.1 Å². The van der Waals surface area contributed by atoms with E-state index in [1.54, 1.807) is 0 Å². The Hall–Kier alpha value is -2.95. The van der Waals surface area contributed by atoms with E-state index < -0.39 is 0 Å². The quantitative estimate of drug-likeness (QED) is 0.362. The topological polar surface area (TPSA) is 24.3 Å². The van der Waals surface area contributed by atoms with Gasteiger partial charge in [0.15, 0.2) is 0 Å². The number of hydrogen-bond donors (Lipinski definition) is 0. The fourth-order valence-corrected chi connectivity index (χ4v) is 4.93. The lowest BCUT2D eigenvalue weighted by atomic mass is 9.96. The lowest BCUT2D eigenvalue weighted by Gasteiger charge is -2.39. The number of hydrogen-bond acceptors (Lipinski definition) is 3. The highest BCUT2D eigenvalue weighted by atomic mass is 15.3. The Kier molecular flexibility index (Phi) is 6.61. The minimum Gasteiger partial charge on any atom is -0.301 e. The average molecular weight is 425 g/mol. The van der Waals surface area contributed by atoms with Crippen LogP contribution in [0.2, 0.25) is 0 Å². The predicted molar refractivity (Wildman–Crippen MR) is 132 cm³/mol.